The SMILES string of the molecule is CC(C)c1cc(C(C)C)c(-c2cccc(NCCCCCNc3cccc(-c4c(C(C)C)cc(C(C)C)cc4C(C)C)n3)n2)c(C(C)C)c1.CC(C)c1cc(C(C)C)c(-c2cccc([N-]CCCCC[N-]c3cccc(-c4c(C(C)C)cc(C(C)C)cc4C(C)C)n3)n2)c(C(C)C)c1.[CH3-].[CH3-].[Hf+4]. The largest absolute Gasteiger partial charge is 4.00 e. The Morgan fingerprint density at radius 1 is 0.267 bits per heavy atom. The van der Waals surface area contributed by atoms with Crippen LogP contribution in [0.15, 0.2) is 121 Å². The van der Waals surface area contributed by atoms with Crippen LogP contribution in [0.5, 0.6) is 0 Å². The maximum Gasteiger partial charge on any atom is 4.00 e. The molecule has 0 amide bonds. The zero-order chi connectivity index (χ0) is 71.7. The molecule has 4 aromatic heterocycles. The van der Waals surface area contributed by atoms with Crippen molar-refractivity contribution < 1.29 is 25.8 Å². The second-order valence-electron chi connectivity index (χ2n) is 31.5. The number of pyridine rings is 4. The Morgan fingerprint density at radius 3 is 0.713 bits per heavy atom. The zero-order valence-corrected chi connectivity index (χ0v) is 71.3. The molecule has 0 spiro atoms. The summed E-state index contributed by atoms with van der Waals surface area (Å²) < 4.78 is 0. The Bertz CT molecular complexity index is 3220. The molecule has 101 heavy (non-hydrogen) atoms. The summed E-state index contributed by atoms with van der Waals surface area (Å²) in [6.45, 7) is 58.3. The quantitative estimate of drug-likeness (QED) is 0.0247. The minimum absolute atomic E-state index is 0. The number of hydrogen-bond acceptors (Lipinski definition) is 6. The molecule has 8 aromatic rings. The van der Waals surface area contributed by atoms with Crippen LogP contribution < -0.4 is 10.6 Å². The van der Waals surface area contributed by atoms with Crippen LogP contribution in [0.1, 0.15) is 342 Å². The number of nitrogens with one attached hydrogen (secondary N) is 2. The van der Waals surface area contributed by atoms with Crippen LogP contribution in [0.4, 0.5) is 23.3 Å². The molecule has 8 nitrogen and oxygen atoms in total. The fourth-order valence-electron chi connectivity index (χ4n) is 13.3. The molecule has 0 atom stereocenters. The Morgan fingerprint density at radius 2 is 0.485 bits per heavy atom. The number of unbranched alkanes of at least 4 members (excludes halogenated alkanes) is 4. The maximum absolute atomic E-state index is 5.13. The molecule has 4 heterocycles. The molecule has 0 bridgehead atoms. The van der Waals surface area contributed by atoms with Gasteiger partial charge in [-0.15, -0.1) is 0 Å². The number of hydrogen-bond donors (Lipinski definition) is 2. The van der Waals surface area contributed by atoms with Crippen LogP contribution in [0.2, 0.25) is 0 Å². The van der Waals surface area contributed by atoms with E-state index in [-0.39, 0.29) is 40.7 Å². The monoisotopic (exact) mass is 1530 g/mol. The first-order valence-electron chi connectivity index (χ1n) is 38.0. The number of nitrogens with zero attached hydrogens (tertiary/aromatic N) is 6. The van der Waals surface area contributed by atoms with Gasteiger partial charge in [0.25, 0.3) is 0 Å². The Balaban J connectivity index is 0.000000416. The summed E-state index contributed by atoms with van der Waals surface area (Å²) in [4.78, 5) is 20.4. The van der Waals surface area contributed by atoms with Gasteiger partial charge in [0.05, 0.1) is 11.4 Å². The fourth-order valence-corrected chi connectivity index (χ4v) is 13.3. The molecule has 0 saturated carbocycles. The number of rotatable bonds is 32. The Labute approximate surface area is 635 Å². The minimum Gasteiger partial charge on any atom is -0.466 e. The van der Waals surface area contributed by atoms with Crippen LogP contribution in [-0.2, 0) is 25.8 Å². The predicted molar refractivity (Wildman–Crippen MR) is 441 cm³/mol. The molecule has 0 fully saturated rings. The third-order valence-electron chi connectivity index (χ3n) is 19.4. The van der Waals surface area contributed by atoms with E-state index in [4.69, 9.17) is 30.6 Å². The van der Waals surface area contributed by atoms with Crippen molar-refractivity contribution >= 4 is 23.3 Å². The average molecular weight is 1530 g/mol. The third kappa shape index (κ3) is 23.8. The van der Waals surface area contributed by atoms with E-state index in [2.05, 4.69) is 286 Å². The third-order valence-corrected chi connectivity index (χ3v) is 19.4. The van der Waals surface area contributed by atoms with Crippen LogP contribution in [-0.4, -0.2) is 46.1 Å². The average Bonchev–Trinajstić information content (AvgIpc) is 0.804. The summed E-state index contributed by atoms with van der Waals surface area (Å²) in [6, 6.07) is 44.7. The van der Waals surface area contributed by atoms with E-state index in [0.717, 1.165) is 111 Å². The predicted octanol–water partition coefficient (Wildman–Crippen LogP) is 28.6. The first-order valence-corrected chi connectivity index (χ1v) is 38.0. The summed E-state index contributed by atoms with van der Waals surface area (Å²) >= 11 is 0. The smallest absolute Gasteiger partial charge is 0.466 e. The van der Waals surface area contributed by atoms with Gasteiger partial charge >= 0.3 is 25.8 Å². The van der Waals surface area contributed by atoms with Crippen molar-refractivity contribution in [3.05, 3.63) is 214 Å². The second kappa shape index (κ2) is 41.1. The summed E-state index contributed by atoms with van der Waals surface area (Å²) in [5.41, 5.74) is 26.2. The number of benzene rings is 4. The molecule has 544 valence electrons. The first kappa shape index (κ1) is 87.0. The van der Waals surface area contributed by atoms with E-state index in [1.807, 2.05) is 12.1 Å². The molecule has 2 N–H and O–H groups in total. The van der Waals surface area contributed by atoms with Crippen LogP contribution in [0.3, 0.4) is 0 Å². The zero-order valence-electron chi connectivity index (χ0n) is 67.7. The van der Waals surface area contributed by atoms with Gasteiger partial charge in [0.1, 0.15) is 11.6 Å². The van der Waals surface area contributed by atoms with E-state index in [1.165, 1.54) is 89.0 Å². The van der Waals surface area contributed by atoms with Crippen molar-refractivity contribution in [2.45, 2.75) is 276 Å². The fraction of sp³-hybridized carbons (Fsp3) is 0.500. The van der Waals surface area contributed by atoms with Crippen molar-refractivity contribution in [3.63, 3.8) is 0 Å². The topological polar surface area (TPSA) is 104 Å². The van der Waals surface area contributed by atoms with Crippen LogP contribution in [0.25, 0.3) is 55.7 Å². The van der Waals surface area contributed by atoms with Gasteiger partial charge < -0.3 is 46.1 Å². The molecule has 0 saturated heterocycles. The van der Waals surface area contributed by atoms with Gasteiger partial charge in [0, 0.05) is 24.2 Å². The normalized spacial score (nSPS) is 11.6. The van der Waals surface area contributed by atoms with E-state index >= 15 is 0 Å². The number of anilines is 2. The molecule has 9 heteroatoms. The Hall–Kier alpha value is -6.45. The van der Waals surface area contributed by atoms with E-state index in [0.29, 0.717) is 71.0 Å². The van der Waals surface area contributed by atoms with Crippen molar-refractivity contribution in [2.24, 2.45) is 0 Å². The molecule has 8 rings (SSSR count). The van der Waals surface area contributed by atoms with Crippen molar-refractivity contribution in [2.75, 3.05) is 36.8 Å². The summed E-state index contributed by atoms with van der Waals surface area (Å²) in [5, 5.41) is 17.0. The van der Waals surface area contributed by atoms with Gasteiger partial charge in [-0.25, -0.2) is 9.97 Å². The molecule has 0 aliphatic carbocycles. The minimum atomic E-state index is 0. The first-order chi connectivity index (χ1) is 46.6. The standard InChI is InChI=1S/C45H64N4.C45H62N4.2CH3.Hf/c2*1-28(2)34-24-36(30(5)6)44(37(25-34)31(7)8)40-18-16-20-42(48-40)46-22-14-13-15-23-47-43-21-17-19-41(49-43)45-38(32(9)10)26-35(29(3)4)27-39(45)33(11)12;;;/h16-21,24-33H,13-15,22-23H2,1-12H3,(H,46,48)(H,47,49);16-21,24-33H,13-15,22-23H2,1-12H3;2*1H3;/q;-2;2*-1;+4. The molecule has 0 unspecified atom stereocenters. The van der Waals surface area contributed by atoms with Gasteiger partial charge in [0.15, 0.2) is 0 Å². The van der Waals surface area contributed by atoms with Gasteiger partial charge in [-0.2, -0.15) is 0 Å². The van der Waals surface area contributed by atoms with Gasteiger partial charge in [-0.1, -0.05) is 307 Å². The molecule has 0 aliphatic rings. The number of aromatic nitrogens is 4. The van der Waals surface area contributed by atoms with Crippen molar-refractivity contribution in [1.82, 2.24) is 19.9 Å². The van der Waals surface area contributed by atoms with Gasteiger partial charge in [-0.3, -0.25) is 0 Å². The summed E-state index contributed by atoms with van der Waals surface area (Å²) in [7, 11) is 0. The summed E-state index contributed by atoms with van der Waals surface area (Å²) in [5.74, 6) is 8.97. The van der Waals surface area contributed by atoms with Crippen molar-refractivity contribution in [1.29, 1.82) is 0 Å². The van der Waals surface area contributed by atoms with E-state index < -0.39 is 0 Å². The second-order valence-corrected chi connectivity index (χ2v) is 31.5. The maximum atomic E-state index is 5.13. The Kier molecular flexibility index (Phi) is 35.4. The van der Waals surface area contributed by atoms with Gasteiger partial charge in [-0.05, 0) is 204 Å². The van der Waals surface area contributed by atoms with Crippen LogP contribution in [0, 0.1) is 14.9 Å². The summed E-state index contributed by atoms with van der Waals surface area (Å²) in [6.07, 6.45) is 6.43. The molecule has 4 aromatic carbocycles. The molecule has 0 aliphatic heterocycles. The molecular formula is C92H132HfN8. The van der Waals surface area contributed by atoms with Crippen LogP contribution >= 0.6 is 0 Å². The van der Waals surface area contributed by atoms with Crippen molar-refractivity contribution in [3.8, 4) is 45.0 Å². The molecule has 0 radical (unpaired) electrons. The van der Waals surface area contributed by atoms with Gasteiger partial charge in [0.2, 0.25) is 0 Å². The van der Waals surface area contributed by atoms with E-state index in [1.54, 1.807) is 0 Å². The van der Waals surface area contributed by atoms with E-state index in [9.17, 15) is 0 Å². The molecular weight excluding hydrogens is 1400 g/mol.